The predicted octanol–water partition coefficient (Wildman–Crippen LogP) is 4.38. The minimum absolute atomic E-state index is 0.161. The van der Waals surface area contributed by atoms with Crippen molar-refractivity contribution in [1.82, 2.24) is 9.47 Å². The van der Waals surface area contributed by atoms with Crippen molar-refractivity contribution in [3.05, 3.63) is 52.2 Å². The van der Waals surface area contributed by atoms with Gasteiger partial charge in [-0.3, -0.25) is 14.5 Å². The van der Waals surface area contributed by atoms with E-state index in [1.807, 2.05) is 39.1 Å². The van der Waals surface area contributed by atoms with Gasteiger partial charge in [-0.1, -0.05) is 37.1 Å². The smallest absolute Gasteiger partial charge is 0.261 e. The van der Waals surface area contributed by atoms with E-state index in [1.54, 1.807) is 0 Å². The molecule has 136 valence electrons. The summed E-state index contributed by atoms with van der Waals surface area (Å²) in [7, 11) is 2.00. The fraction of sp³-hybridized carbons (Fsp3) is 0.364. The molecule has 4 nitrogen and oxygen atoms in total. The molecule has 0 atom stereocenters. The largest absolute Gasteiger partial charge is 0.344 e. The highest BCUT2D eigenvalue weighted by Crippen LogP contribution is 2.32. The van der Waals surface area contributed by atoms with Gasteiger partial charge in [-0.2, -0.15) is 0 Å². The molecule has 0 radical (unpaired) electrons. The van der Waals surface area contributed by atoms with E-state index < -0.39 is 0 Å². The van der Waals surface area contributed by atoms with Crippen molar-refractivity contribution in [3.63, 3.8) is 0 Å². The molecule has 2 aromatic rings. The van der Waals surface area contributed by atoms with E-state index >= 15 is 0 Å². The Morgan fingerprint density at radius 1 is 1.12 bits per heavy atom. The molecule has 0 bridgehead atoms. The molecule has 4 heteroatoms. The minimum Gasteiger partial charge on any atom is -0.344 e. The molecule has 1 aromatic carbocycles. The molecule has 3 rings (SSSR count). The first-order valence-electron chi connectivity index (χ1n) is 9.18. The van der Waals surface area contributed by atoms with Gasteiger partial charge < -0.3 is 4.57 Å². The van der Waals surface area contributed by atoms with Gasteiger partial charge in [-0.15, -0.1) is 0 Å². The lowest BCUT2D eigenvalue weighted by atomic mass is 10.0. The van der Waals surface area contributed by atoms with Crippen LogP contribution in [0, 0.1) is 6.92 Å². The number of benzene rings is 1. The topological polar surface area (TPSA) is 42.3 Å². The third kappa shape index (κ3) is 2.79. The van der Waals surface area contributed by atoms with Crippen molar-refractivity contribution in [1.29, 1.82) is 0 Å². The number of hydrogen-bond donors (Lipinski definition) is 0. The number of unbranched alkanes of at least 4 members (excludes halogenated alkanes) is 1. The lowest BCUT2D eigenvalue weighted by Crippen LogP contribution is -2.30. The maximum Gasteiger partial charge on any atom is 0.261 e. The van der Waals surface area contributed by atoms with Crippen LogP contribution in [0.1, 0.15) is 44.9 Å². The summed E-state index contributed by atoms with van der Waals surface area (Å²) < 4.78 is 2.09. The minimum atomic E-state index is -0.177. The third-order valence-electron chi connectivity index (χ3n) is 5.14. The molecule has 1 aliphatic heterocycles. The molecule has 1 fully saturated rings. The van der Waals surface area contributed by atoms with Crippen molar-refractivity contribution in [2.24, 2.45) is 7.05 Å². The fourth-order valence-electron chi connectivity index (χ4n) is 3.68. The third-order valence-corrected chi connectivity index (χ3v) is 5.14. The number of carbonyl (C=O) groups is 2. The second kappa shape index (κ2) is 6.94. The molecule has 26 heavy (non-hydrogen) atoms. The summed E-state index contributed by atoms with van der Waals surface area (Å²) in [6.45, 7) is 8.39. The van der Waals surface area contributed by atoms with Gasteiger partial charge in [0.25, 0.3) is 11.8 Å². The van der Waals surface area contributed by atoms with E-state index in [9.17, 15) is 9.59 Å². The van der Waals surface area contributed by atoms with Crippen LogP contribution < -0.4 is 0 Å². The van der Waals surface area contributed by atoms with Gasteiger partial charge in [-0.25, -0.2) is 0 Å². The maximum atomic E-state index is 13.0. The summed E-state index contributed by atoms with van der Waals surface area (Å²) >= 11 is 0. The average molecular weight is 350 g/mol. The quantitative estimate of drug-likeness (QED) is 0.607. The standard InChI is InChI=1S/C22H26N2O2/c1-6-7-12-24-21(25)17(20(14(2)3)22(24)26)13-19-15(4)16-10-8-9-11-18(16)23(19)5/h8-11,13H,6-7,12H2,1-5H3/b17-13-. The average Bonchev–Trinajstić information content (AvgIpc) is 3.00. The van der Waals surface area contributed by atoms with Gasteiger partial charge >= 0.3 is 0 Å². The molecule has 1 saturated heterocycles. The Balaban J connectivity index is 2.17. The Morgan fingerprint density at radius 2 is 1.81 bits per heavy atom. The zero-order valence-corrected chi connectivity index (χ0v) is 16.2. The van der Waals surface area contributed by atoms with E-state index in [0.717, 1.165) is 35.2 Å². The molecule has 0 N–H and O–H groups in total. The normalized spacial score (nSPS) is 16.4. The summed E-state index contributed by atoms with van der Waals surface area (Å²) in [6.07, 6.45) is 3.67. The number of hydrogen-bond acceptors (Lipinski definition) is 2. The lowest BCUT2D eigenvalue weighted by Gasteiger charge is -2.11. The van der Waals surface area contributed by atoms with Gasteiger partial charge in [0.1, 0.15) is 0 Å². The summed E-state index contributed by atoms with van der Waals surface area (Å²) in [5.41, 5.74) is 5.16. The highest BCUT2D eigenvalue weighted by Gasteiger charge is 2.39. The number of aromatic nitrogens is 1. The fourth-order valence-corrected chi connectivity index (χ4v) is 3.68. The summed E-state index contributed by atoms with van der Waals surface area (Å²) in [5, 5.41) is 1.17. The molecule has 2 amide bonds. The highest BCUT2D eigenvalue weighted by molar-refractivity contribution is 6.26. The number of rotatable bonds is 4. The summed E-state index contributed by atoms with van der Waals surface area (Å²) in [6, 6.07) is 8.19. The summed E-state index contributed by atoms with van der Waals surface area (Å²) in [5.74, 6) is -0.338. The Labute approximate surface area is 154 Å². The molecule has 0 saturated carbocycles. The molecular formula is C22H26N2O2. The van der Waals surface area contributed by atoms with Crippen LogP contribution in [-0.4, -0.2) is 27.8 Å². The van der Waals surface area contributed by atoms with Gasteiger partial charge in [0.15, 0.2) is 0 Å². The number of likely N-dealkylation sites (tertiary alicyclic amines) is 1. The van der Waals surface area contributed by atoms with Crippen LogP contribution in [0.2, 0.25) is 0 Å². The van der Waals surface area contributed by atoms with Crippen LogP contribution in [0.4, 0.5) is 0 Å². The zero-order valence-electron chi connectivity index (χ0n) is 16.2. The lowest BCUT2D eigenvalue weighted by molar-refractivity contribution is -0.136. The van der Waals surface area contributed by atoms with Crippen LogP contribution in [0.15, 0.2) is 41.0 Å². The highest BCUT2D eigenvalue weighted by atomic mass is 16.2. The second-order valence-electron chi connectivity index (χ2n) is 7.13. The van der Waals surface area contributed by atoms with Crippen LogP contribution in [0.3, 0.4) is 0 Å². The van der Waals surface area contributed by atoms with Crippen molar-refractivity contribution >= 4 is 28.8 Å². The Morgan fingerprint density at radius 3 is 2.42 bits per heavy atom. The van der Waals surface area contributed by atoms with Gasteiger partial charge in [-0.05, 0) is 44.9 Å². The first-order chi connectivity index (χ1) is 12.4. The van der Waals surface area contributed by atoms with E-state index in [1.165, 1.54) is 10.3 Å². The van der Waals surface area contributed by atoms with Gasteiger partial charge in [0, 0.05) is 30.2 Å². The number of aryl methyl sites for hydroxylation is 2. The van der Waals surface area contributed by atoms with Crippen molar-refractivity contribution in [2.45, 2.75) is 40.5 Å². The first kappa shape index (κ1) is 18.2. The molecule has 0 unspecified atom stereocenters. The van der Waals surface area contributed by atoms with E-state index in [2.05, 4.69) is 30.5 Å². The monoisotopic (exact) mass is 350 g/mol. The Hall–Kier alpha value is -2.62. The number of amides is 2. The number of fused-ring (bicyclic) bond motifs is 1. The number of allylic oxidation sites excluding steroid dienone is 1. The SMILES string of the molecule is CCCCN1C(=O)C(=C(C)C)/C(=C/c2c(C)c3ccccc3n2C)C1=O. The first-order valence-corrected chi connectivity index (χ1v) is 9.18. The van der Waals surface area contributed by atoms with E-state index in [0.29, 0.717) is 17.7 Å². The molecule has 1 aliphatic rings. The van der Waals surface area contributed by atoms with Crippen LogP contribution in [-0.2, 0) is 16.6 Å². The predicted molar refractivity (Wildman–Crippen MR) is 106 cm³/mol. The van der Waals surface area contributed by atoms with Gasteiger partial charge in [0.2, 0.25) is 0 Å². The number of carbonyl (C=O) groups excluding carboxylic acids is 2. The molecule has 2 heterocycles. The molecule has 1 aromatic heterocycles. The van der Waals surface area contributed by atoms with E-state index in [-0.39, 0.29) is 11.8 Å². The van der Waals surface area contributed by atoms with Gasteiger partial charge in [0.05, 0.1) is 11.1 Å². The van der Waals surface area contributed by atoms with Crippen molar-refractivity contribution < 1.29 is 9.59 Å². The van der Waals surface area contributed by atoms with E-state index in [4.69, 9.17) is 0 Å². The van der Waals surface area contributed by atoms with Crippen molar-refractivity contribution in [3.8, 4) is 0 Å². The molecule has 0 spiro atoms. The Bertz CT molecular complexity index is 917. The number of para-hydroxylation sites is 1. The second-order valence-corrected chi connectivity index (χ2v) is 7.13. The molecular weight excluding hydrogens is 324 g/mol. The summed E-state index contributed by atoms with van der Waals surface area (Å²) in [4.78, 5) is 27.2. The van der Waals surface area contributed by atoms with Crippen LogP contribution >= 0.6 is 0 Å². The van der Waals surface area contributed by atoms with Crippen LogP contribution in [0.25, 0.3) is 17.0 Å². The maximum absolute atomic E-state index is 13.0. The van der Waals surface area contributed by atoms with Crippen molar-refractivity contribution in [2.75, 3.05) is 6.54 Å². The molecule has 0 aliphatic carbocycles. The zero-order chi connectivity index (χ0) is 19.0. The van der Waals surface area contributed by atoms with Crippen LogP contribution in [0.5, 0.6) is 0 Å². The number of imide groups is 1. The number of nitrogens with zero attached hydrogens (tertiary/aromatic N) is 2. The Kier molecular flexibility index (Phi) is 4.86.